The van der Waals surface area contributed by atoms with Crippen molar-refractivity contribution in [3.8, 4) is 0 Å². The summed E-state index contributed by atoms with van der Waals surface area (Å²) in [6.45, 7) is 11.1. The minimum Gasteiger partial charge on any atom is -0.481 e. The van der Waals surface area contributed by atoms with Crippen LogP contribution in [0.4, 0.5) is 4.79 Å². The van der Waals surface area contributed by atoms with E-state index in [1.165, 1.54) is 0 Å². The van der Waals surface area contributed by atoms with Gasteiger partial charge in [-0.05, 0) is 41.7 Å². The highest BCUT2D eigenvalue weighted by Gasteiger charge is 2.45. The second-order valence-corrected chi connectivity index (χ2v) is 6.79. The molecule has 6 nitrogen and oxygen atoms in total. The van der Waals surface area contributed by atoms with Crippen LogP contribution in [-0.2, 0) is 4.79 Å². The highest BCUT2D eigenvalue weighted by Crippen LogP contribution is 2.31. The van der Waals surface area contributed by atoms with Crippen molar-refractivity contribution in [2.75, 3.05) is 26.7 Å². The highest BCUT2D eigenvalue weighted by atomic mass is 16.4. The molecule has 116 valence electrons. The van der Waals surface area contributed by atoms with Crippen molar-refractivity contribution in [1.82, 2.24) is 15.1 Å². The zero-order chi connectivity index (χ0) is 15.7. The van der Waals surface area contributed by atoms with Crippen LogP contribution in [0.5, 0.6) is 0 Å². The maximum atomic E-state index is 12.4. The lowest BCUT2D eigenvalue weighted by atomic mass is 9.74. The predicted octanol–water partition coefficient (Wildman–Crippen LogP) is 1.22. The zero-order valence-corrected chi connectivity index (χ0v) is 13.4. The highest BCUT2D eigenvalue weighted by molar-refractivity contribution is 5.80. The van der Waals surface area contributed by atoms with E-state index in [2.05, 4.69) is 10.2 Å². The Labute approximate surface area is 121 Å². The molecule has 0 spiro atoms. The SMILES string of the molecule is CC1CN(C)CCN1C(=O)NC(C)(C)C(C)(C)C(=O)O. The van der Waals surface area contributed by atoms with Gasteiger partial charge in [-0.3, -0.25) is 4.79 Å². The van der Waals surface area contributed by atoms with E-state index in [9.17, 15) is 14.7 Å². The summed E-state index contributed by atoms with van der Waals surface area (Å²) in [5.41, 5.74) is -1.88. The Kier molecular flexibility index (Phi) is 4.69. The first-order valence-corrected chi connectivity index (χ1v) is 7.00. The van der Waals surface area contributed by atoms with Gasteiger partial charge >= 0.3 is 12.0 Å². The van der Waals surface area contributed by atoms with E-state index >= 15 is 0 Å². The molecule has 0 bridgehead atoms. The lowest BCUT2D eigenvalue weighted by molar-refractivity contribution is -0.150. The zero-order valence-electron chi connectivity index (χ0n) is 13.4. The molecule has 0 aliphatic carbocycles. The number of urea groups is 1. The van der Waals surface area contributed by atoms with Crippen LogP contribution in [0, 0.1) is 5.41 Å². The molecule has 6 heteroatoms. The third-order valence-corrected chi connectivity index (χ3v) is 4.61. The molecule has 0 saturated carbocycles. The quantitative estimate of drug-likeness (QED) is 0.818. The van der Waals surface area contributed by atoms with Crippen molar-refractivity contribution < 1.29 is 14.7 Å². The Morgan fingerprint density at radius 3 is 2.20 bits per heavy atom. The summed E-state index contributed by atoms with van der Waals surface area (Å²) in [4.78, 5) is 27.7. The molecule has 20 heavy (non-hydrogen) atoms. The van der Waals surface area contributed by atoms with Crippen molar-refractivity contribution in [1.29, 1.82) is 0 Å². The van der Waals surface area contributed by atoms with Crippen LogP contribution >= 0.6 is 0 Å². The first kappa shape index (κ1) is 16.8. The van der Waals surface area contributed by atoms with E-state index in [4.69, 9.17) is 0 Å². The molecule has 0 aromatic rings. The molecule has 0 aromatic heterocycles. The second-order valence-electron chi connectivity index (χ2n) is 6.79. The van der Waals surface area contributed by atoms with E-state index < -0.39 is 16.9 Å². The lowest BCUT2D eigenvalue weighted by Gasteiger charge is -2.43. The van der Waals surface area contributed by atoms with Gasteiger partial charge in [0.1, 0.15) is 0 Å². The van der Waals surface area contributed by atoms with Crippen LogP contribution < -0.4 is 5.32 Å². The van der Waals surface area contributed by atoms with Crippen LogP contribution in [0.2, 0.25) is 0 Å². The maximum absolute atomic E-state index is 12.4. The first-order chi connectivity index (χ1) is 8.99. The van der Waals surface area contributed by atoms with E-state index in [1.807, 2.05) is 14.0 Å². The Hall–Kier alpha value is -1.30. The summed E-state index contributed by atoms with van der Waals surface area (Å²) in [6, 6.07) is -0.0672. The minimum atomic E-state index is -1.04. The van der Waals surface area contributed by atoms with Crippen LogP contribution in [0.1, 0.15) is 34.6 Å². The second kappa shape index (κ2) is 5.60. The van der Waals surface area contributed by atoms with Crippen LogP contribution in [0.3, 0.4) is 0 Å². The smallest absolute Gasteiger partial charge is 0.318 e. The number of piperazine rings is 1. The minimum absolute atomic E-state index is 0.123. The number of hydrogen-bond acceptors (Lipinski definition) is 3. The fourth-order valence-electron chi connectivity index (χ4n) is 2.20. The third kappa shape index (κ3) is 3.23. The normalized spacial score (nSPS) is 21.7. The van der Waals surface area contributed by atoms with E-state index in [0.29, 0.717) is 6.54 Å². The Bertz CT molecular complexity index is 393. The van der Waals surface area contributed by atoms with Crippen molar-refractivity contribution in [3.05, 3.63) is 0 Å². The molecule has 2 amide bonds. The third-order valence-electron chi connectivity index (χ3n) is 4.61. The molecular formula is C14H27N3O3. The number of carbonyl (C=O) groups is 2. The van der Waals surface area contributed by atoms with Crippen molar-refractivity contribution in [2.45, 2.75) is 46.2 Å². The van der Waals surface area contributed by atoms with Gasteiger partial charge in [-0.15, -0.1) is 0 Å². The molecule has 1 saturated heterocycles. The van der Waals surface area contributed by atoms with Gasteiger partial charge in [-0.2, -0.15) is 0 Å². The van der Waals surface area contributed by atoms with Gasteiger partial charge in [0.2, 0.25) is 0 Å². The number of rotatable bonds is 3. The van der Waals surface area contributed by atoms with E-state index in [1.54, 1.807) is 32.6 Å². The van der Waals surface area contributed by atoms with Gasteiger partial charge < -0.3 is 20.2 Å². The molecule has 1 heterocycles. The maximum Gasteiger partial charge on any atom is 0.318 e. The fourth-order valence-corrected chi connectivity index (χ4v) is 2.20. The molecule has 1 fully saturated rings. The topological polar surface area (TPSA) is 72.9 Å². The molecule has 0 radical (unpaired) electrons. The van der Waals surface area contributed by atoms with Crippen LogP contribution in [0.25, 0.3) is 0 Å². The summed E-state index contributed by atoms with van der Waals surface area (Å²) in [6.07, 6.45) is 0. The van der Waals surface area contributed by atoms with Crippen LogP contribution in [0.15, 0.2) is 0 Å². The summed E-state index contributed by atoms with van der Waals surface area (Å²) in [5.74, 6) is -0.922. The number of nitrogens with zero attached hydrogens (tertiary/aromatic N) is 2. The Morgan fingerprint density at radius 1 is 1.20 bits per heavy atom. The van der Waals surface area contributed by atoms with Crippen molar-refractivity contribution in [2.24, 2.45) is 5.41 Å². The molecule has 1 atom stereocenters. The van der Waals surface area contributed by atoms with E-state index in [-0.39, 0.29) is 12.1 Å². The number of carboxylic acids is 1. The molecule has 1 aliphatic rings. The number of likely N-dealkylation sites (N-methyl/N-ethyl adjacent to an activating group) is 1. The van der Waals surface area contributed by atoms with E-state index in [0.717, 1.165) is 13.1 Å². The average molecular weight is 285 g/mol. The summed E-state index contributed by atoms with van der Waals surface area (Å²) >= 11 is 0. The number of carboxylic acid groups (broad SMARTS) is 1. The van der Waals surface area contributed by atoms with Crippen LogP contribution in [-0.4, -0.2) is 65.2 Å². The number of nitrogens with one attached hydrogen (secondary N) is 1. The fraction of sp³-hybridized carbons (Fsp3) is 0.857. The van der Waals surface area contributed by atoms with Gasteiger partial charge in [-0.25, -0.2) is 4.79 Å². The Morgan fingerprint density at radius 2 is 1.75 bits per heavy atom. The van der Waals surface area contributed by atoms with Gasteiger partial charge in [0.15, 0.2) is 0 Å². The van der Waals surface area contributed by atoms with Gasteiger partial charge in [0.25, 0.3) is 0 Å². The number of aliphatic carboxylic acids is 1. The Balaban J connectivity index is 2.77. The summed E-state index contributed by atoms with van der Waals surface area (Å²) in [7, 11) is 2.03. The molecular weight excluding hydrogens is 258 g/mol. The number of amides is 2. The van der Waals surface area contributed by atoms with Crippen molar-refractivity contribution >= 4 is 12.0 Å². The number of carbonyl (C=O) groups excluding carboxylic acids is 1. The van der Waals surface area contributed by atoms with Gasteiger partial charge in [0.05, 0.1) is 11.0 Å². The standard InChI is InChI=1S/C14H27N3O3/c1-10-9-16(6)7-8-17(10)12(20)15-14(4,5)13(2,3)11(18)19/h10H,7-9H2,1-6H3,(H,15,20)(H,18,19). The first-order valence-electron chi connectivity index (χ1n) is 7.00. The van der Waals surface area contributed by atoms with Gasteiger partial charge in [0, 0.05) is 25.7 Å². The van der Waals surface area contributed by atoms with Gasteiger partial charge in [-0.1, -0.05) is 0 Å². The molecule has 1 rings (SSSR count). The summed E-state index contributed by atoms with van der Waals surface area (Å²) in [5, 5.41) is 12.2. The molecule has 0 aromatic carbocycles. The largest absolute Gasteiger partial charge is 0.481 e. The monoisotopic (exact) mass is 285 g/mol. The molecule has 1 unspecified atom stereocenters. The molecule has 1 aliphatic heterocycles. The summed E-state index contributed by atoms with van der Waals surface area (Å²) < 4.78 is 0. The average Bonchev–Trinajstić information content (AvgIpc) is 2.27. The predicted molar refractivity (Wildman–Crippen MR) is 77.7 cm³/mol. The molecule has 2 N–H and O–H groups in total. The lowest BCUT2D eigenvalue weighted by Crippen LogP contribution is -2.63. The number of hydrogen-bond donors (Lipinski definition) is 2. The van der Waals surface area contributed by atoms with Crippen molar-refractivity contribution in [3.63, 3.8) is 0 Å².